The normalized spacial score (nSPS) is 26.6. The van der Waals surface area contributed by atoms with Crippen LogP contribution in [0.3, 0.4) is 0 Å². The highest BCUT2D eigenvalue weighted by Gasteiger charge is 2.39. The number of carbonyl (C=O) groups is 1. The van der Waals surface area contributed by atoms with Crippen molar-refractivity contribution < 1.29 is 9.72 Å². The molecule has 1 aromatic heterocycles. The lowest BCUT2D eigenvalue weighted by Crippen LogP contribution is -2.48. The minimum atomic E-state index is -0.469. The molecule has 8 nitrogen and oxygen atoms in total. The number of rotatable bonds is 3. The predicted octanol–water partition coefficient (Wildman–Crippen LogP) is 1.83. The van der Waals surface area contributed by atoms with E-state index in [4.69, 9.17) is 0 Å². The van der Waals surface area contributed by atoms with Gasteiger partial charge in [-0.15, -0.1) is 0 Å². The fourth-order valence-corrected chi connectivity index (χ4v) is 4.07. The first-order valence-electron chi connectivity index (χ1n) is 8.18. The number of aromatic nitrogens is 2. The zero-order chi connectivity index (χ0) is 16.8. The number of nitro groups is 1. The van der Waals surface area contributed by atoms with Gasteiger partial charge in [0.15, 0.2) is 5.69 Å². The molecular formula is C16H19N5O3. The molecule has 24 heavy (non-hydrogen) atoms. The van der Waals surface area contributed by atoms with E-state index < -0.39 is 4.92 Å². The highest BCUT2D eigenvalue weighted by molar-refractivity contribution is 6.05. The van der Waals surface area contributed by atoms with Crippen molar-refractivity contribution >= 4 is 22.5 Å². The molecule has 0 spiro atoms. The Balaban J connectivity index is 1.55. The molecule has 2 bridgehead atoms. The maximum absolute atomic E-state index is 12.6. The van der Waals surface area contributed by atoms with Gasteiger partial charge in [-0.05, 0) is 38.8 Å². The number of amides is 1. The van der Waals surface area contributed by atoms with E-state index >= 15 is 0 Å². The van der Waals surface area contributed by atoms with Crippen LogP contribution in [0.4, 0.5) is 5.69 Å². The van der Waals surface area contributed by atoms with E-state index in [0.717, 1.165) is 12.8 Å². The Morgan fingerprint density at radius 3 is 2.75 bits per heavy atom. The Morgan fingerprint density at radius 2 is 2.08 bits per heavy atom. The number of H-pyrrole nitrogens is 1. The maximum Gasteiger partial charge on any atom is 0.272 e. The number of benzene rings is 1. The number of aromatic amines is 1. The monoisotopic (exact) mass is 329 g/mol. The van der Waals surface area contributed by atoms with E-state index in [1.165, 1.54) is 25.0 Å². The molecule has 0 radical (unpaired) electrons. The lowest BCUT2D eigenvalue weighted by atomic mass is 9.98. The second kappa shape index (κ2) is 5.55. The standard InChI is InChI=1S/C16H19N5O3/c1-20-10-2-3-11(20)7-9(6-10)17-16(22)15-13-8-12(21(23)24)4-5-14(13)18-19-15/h4-5,8-11H,2-3,6-7H2,1H3,(H,17,22)(H,18,19)/t9?,10-,11+. The van der Waals surface area contributed by atoms with Crippen molar-refractivity contribution in [3.63, 3.8) is 0 Å². The third-order valence-electron chi connectivity index (χ3n) is 5.41. The second-order valence-corrected chi connectivity index (χ2v) is 6.75. The minimum Gasteiger partial charge on any atom is -0.348 e. The highest BCUT2D eigenvalue weighted by atomic mass is 16.6. The Labute approximate surface area is 138 Å². The van der Waals surface area contributed by atoms with Gasteiger partial charge in [0.2, 0.25) is 0 Å². The first-order chi connectivity index (χ1) is 11.5. The molecule has 0 aliphatic carbocycles. The van der Waals surface area contributed by atoms with Gasteiger partial charge in [-0.2, -0.15) is 5.10 Å². The van der Waals surface area contributed by atoms with Gasteiger partial charge in [0.25, 0.3) is 11.6 Å². The van der Waals surface area contributed by atoms with E-state index in [0.29, 0.717) is 23.0 Å². The zero-order valence-corrected chi connectivity index (χ0v) is 13.4. The fraction of sp³-hybridized carbons (Fsp3) is 0.500. The summed E-state index contributed by atoms with van der Waals surface area (Å²) in [6.45, 7) is 0. The maximum atomic E-state index is 12.6. The van der Waals surface area contributed by atoms with Crippen LogP contribution in [-0.4, -0.2) is 51.1 Å². The van der Waals surface area contributed by atoms with E-state index in [-0.39, 0.29) is 23.3 Å². The summed E-state index contributed by atoms with van der Waals surface area (Å²) < 4.78 is 0. The molecule has 3 atom stereocenters. The average Bonchev–Trinajstić information content (AvgIpc) is 3.05. The van der Waals surface area contributed by atoms with Crippen LogP contribution in [-0.2, 0) is 0 Å². The molecule has 2 aliphatic heterocycles. The summed E-state index contributed by atoms with van der Waals surface area (Å²) in [4.78, 5) is 25.5. The van der Waals surface area contributed by atoms with Crippen molar-refractivity contribution in [3.05, 3.63) is 34.0 Å². The van der Waals surface area contributed by atoms with E-state index in [9.17, 15) is 14.9 Å². The summed E-state index contributed by atoms with van der Waals surface area (Å²) in [5.74, 6) is -0.268. The zero-order valence-electron chi connectivity index (χ0n) is 13.4. The Kier molecular flexibility index (Phi) is 3.49. The van der Waals surface area contributed by atoms with Crippen LogP contribution in [0.5, 0.6) is 0 Å². The molecule has 1 aromatic carbocycles. The third-order valence-corrected chi connectivity index (χ3v) is 5.41. The molecule has 8 heteroatoms. The number of hydrogen-bond donors (Lipinski definition) is 2. The van der Waals surface area contributed by atoms with E-state index in [2.05, 4.69) is 27.5 Å². The summed E-state index contributed by atoms with van der Waals surface area (Å²) in [5, 5.41) is 21.3. The number of carbonyl (C=O) groups excluding carboxylic acids is 1. The summed E-state index contributed by atoms with van der Waals surface area (Å²) in [6.07, 6.45) is 4.26. The predicted molar refractivity (Wildman–Crippen MR) is 87.8 cm³/mol. The first kappa shape index (κ1) is 15.1. The Morgan fingerprint density at radius 1 is 1.38 bits per heavy atom. The van der Waals surface area contributed by atoms with Crippen LogP contribution >= 0.6 is 0 Å². The van der Waals surface area contributed by atoms with Gasteiger partial charge in [0.05, 0.1) is 10.4 Å². The lowest BCUT2D eigenvalue weighted by Gasteiger charge is -2.36. The fourth-order valence-electron chi connectivity index (χ4n) is 4.07. The van der Waals surface area contributed by atoms with Crippen LogP contribution in [0.15, 0.2) is 18.2 Å². The number of hydrogen-bond acceptors (Lipinski definition) is 5. The lowest BCUT2D eigenvalue weighted by molar-refractivity contribution is -0.384. The van der Waals surface area contributed by atoms with Crippen LogP contribution in [0.25, 0.3) is 10.9 Å². The van der Waals surface area contributed by atoms with Crippen molar-refractivity contribution in [1.29, 1.82) is 0 Å². The summed E-state index contributed by atoms with van der Waals surface area (Å²) >= 11 is 0. The van der Waals surface area contributed by atoms with Crippen LogP contribution in [0.1, 0.15) is 36.2 Å². The van der Waals surface area contributed by atoms with E-state index in [1.54, 1.807) is 6.07 Å². The van der Waals surface area contributed by atoms with Gasteiger partial charge < -0.3 is 10.2 Å². The number of piperidine rings is 1. The summed E-state index contributed by atoms with van der Waals surface area (Å²) in [5.41, 5.74) is 0.796. The second-order valence-electron chi connectivity index (χ2n) is 6.75. The van der Waals surface area contributed by atoms with Gasteiger partial charge in [-0.25, -0.2) is 0 Å². The number of nitrogens with one attached hydrogen (secondary N) is 2. The van der Waals surface area contributed by atoms with Gasteiger partial charge >= 0.3 is 0 Å². The molecule has 3 heterocycles. The van der Waals surface area contributed by atoms with Gasteiger partial charge in [0.1, 0.15) is 0 Å². The molecular weight excluding hydrogens is 310 g/mol. The highest BCUT2D eigenvalue weighted by Crippen LogP contribution is 2.34. The molecule has 2 saturated heterocycles. The molecule has 1 amide bonds. The van der Waals surface area contributed by atoms with Crippen molar-refractivity contribution in [2.75, 3.05) is 7.05 Å². The molecule has 2 aliphatic rings. The van der Waals surface area contributed by atoms with Gasteiger partial charge in [-0.1, -0.05) is 0 Å². The Hall–Kier alpha value is -2.48. The minimum absolute atomic E-state index is 0.0460. The van der Waals surface area contributed by atoms with Crippen molar-refractivity contribution in [2.24, 2.45) is 0 Å². The SMILES string of the molecule is CN1[C@@H]2CC[C@H]1CC(NC(=O)c1n[nH]c3ccc([N+](=O)[O-])cc13)C2. The molecule has 1 unspecified atom stereocenters. The molecule has 126 valence electrons. The van der Waals surface area contributed by atoms with E-state index in [1.807, 2.05) is 0 Å². The van der Waals surface area contributed by atoms with Crippen LogP contribution < -0.4 is 5.32 Å². The smallest absolute Gasteiger partial charge is 0.272 e. The van der Waals surface area contributed by atoms with Crippen LogP contribution in [0.2, 0.25) is 0 Å². The number of fused-ring (bicyclic) bond motifs is 3. The molecule has 2 fully saturated rings. The Bertz CT molecular complexity index is 803. The number of nitrogens with zero attached hydrogens (tertiary/aromatic N) is 3. The summed E-state index contributed by atoms with van der Waals surface area (Å²) in [7, 11) is 2.15. The molecule has 2 aromatic rings. The van der Waals surface area contributed by atoms with Gasteiger partial charge in [0, 0.05) is 35.6 Å². The average molecular weight is 329 g/mol. The topological polar surface area (TPSA) is 104 Å². The summed E-state index contributed by atoms with van der Waals surface area (Å²) in [6, 6.07) is 5.57. The molecule has 0 saturated carbocycles. The van der Waals surface area contributed by atoms with Crippen molar-refractivity contribution in [1.82, 2.24) is 20.4 Å². The number of non-ortho nitro benzene ring substituents is 1. The van der Waals surface area contributed by atoms with Crippen molar-refractivity contribution in [3.8, 4) is 0 Å². The quantitative estimate of drug-likeness (QED) is 0.660. The van der Waals surface area contributed by atoms with Gasteiger partial charge in [-0.3, -0.25) is 20.0 Å². The third kappa shape index (κ3) is 2.43. The molecule has 2 N–H and O–H groups in total. The van der Waals surface area contributed by atoms with Crippen LogP contribution in [0, 0.1) is 10.1 Å². The largest absolute Gasteiger partial charge is 0.348 e. The number of nitro benzene ring substituents is 1. The van der Waals surface area contributed by atoms with Crippen molar-refractivity contribution in [2.45, 2.75) is 43.8 Å². The molecule has 4 rings (SSSR count). The first-order valence-corrected chi connectivity index (χ1v) is 8.18.